The Kier molecular flexibility index (Phi) is 10.3. The summed E-state index contributed by atoms with van der Waals surface area (Å²) in [5.41, 5.74) is 2.74. The zero-order valence-electron chi connectivity index (χ0n) is 18.3. The van der Waals surface area contributed by atoms with Crippen LogP contribution in [0, 0.1) is 0 Å². The van der Waals surface area contributed by atoms with Gasteiger partial charge in [0, 0.05) is 24.2 Å². The third kappa shape index (κ3) is 7.41. The van der Waals surface area contributed by atoms with Gasteiger partial charge >= 0.3 is 0 Å². The molecular weight excluding hydrogens is 340 g/mol. The highest BCUT2D eigenvalue weighted by molar-refractivity contribution is 5.19. The van der Waals surface area contributed by atoms with Crippen molar-refractivity contribution < 1.29 is 0 Å². The molecule has 0 amide bonds. The highest BCUT2D eigenvalue weighted by atomic mass is 15.1. The van der Waals surface area contributed by atoms with Crippen LogP contribution in [-0.4, -0.2) is 12.1 Å². The molecule has 2 N–H and O–H groups in total. The van der Waals surface area contributed by atoms with Gasteiger partial charge in [-0.1, -0.05) is 100 Å². The molecule has 2 heteroatoms. The molecule has 2 rings (SSSR count). The van der Waals surface area contributed by atoms with Crippen LogP contribution < -0.4 is 10.6 Å². The van der Waals surface area contributed by atoms with Crippen molar-refractivity contribution in [1.29, 1.82) is 0 Å². The molecule has 0 aliphatic heterocycles. The van der Waals surface area contributed by atoms with Gasteiger partial charge in [-0.15, -0.1) is 0 Å². The normalized spacial score (nSPS) is 15.7. The van der Waals surface area contributed by atoms with E-state index in [0.717, 1.165) is 0 Å². The van der Waals surface area contributed by atoms with Crippen LogP contribution in [0.25, 0.3) is 0 Å². The topological polar surface area (TPSA) is 24.1 Å². The fourth-order valence-electron chi connectivity index (χ4n) is 3.97. The van der Waals surface area contributed by atoms with Crippen LogP contribution in [0.15, 0.2) is 60.7 Å². The molecular formula is C26H40N2. The average molecular weight is 381 g/mol. The summed E-state index contributed by atoms with van der Waals surface area (Å²) in [5, 5.41) is 7.94. The van der Waals surface area contributed by atoms with Gasteiger partial charge in [-0.3, -0.25) is 0 Å². The Morgan fingerprint density at radius 1 is 0.607 bits per heavy atom. The minimum atomic E-state index is 0.362. The molecule has 0 radical (unpaired) electrons. The lowest BCUT2D eigenvalue weighted by Crippen LogP contribution is -2.49. The summed E-state index contributed by atoms with van der Waals surface area (Å²) in [7, 11) is 0. The molecule has 4 atom stereocenters. The quantitative estimate of drug-likeness (QED) is 0.399. The Hall–Kier alpha value is -1.64. The summed E-state index contributed by atoms with van der Waals surface area (Å²) in [4.78, 5) is 0. The molecule has 28 heavy (non-hydrogen) atoms. The summed E-state index contributed by atoms with van der Waals surface area (Å²) in [6, 6.07) is 23.4. The first kappa shape index (κ1) is 22.6. The van der Waals surface area contributed by atoms with Gasteiger partial charge in [-0.05, 0) is 37.8 Å². The highest BCUT2D eigenvalue weighted by Crippen LogP contribution is 2.21. The van der Waals surface area contributed by atoms with Crippen molar-refractivity contribution in [3.05, 3.63) is 71.8 Å². The lowest BCUT2D eigenvalue weighted by molar-refractivity contribution is 0.287. The maximum Gasteiger partial charge on any atom is 0.0295 e. The van der Waals surface area contributed by atoms with E-state index >= 15 is 0 Å². The van der Waals surface area contributed by atoms with Crippen LogP contribution in [0.3, 0.4) is 0 Å². The molecule has 0 bridgehead atoms. The second kappa shape index (κ2) is 12.7. The van der Waals surface area contributed by atoms with E-state index in [9.17, 15) is 0 Å². The van der Waals surface area contributed by atoms with E-state index in [0.29, 0.717) is 24.2 Å². The third-order valence-electron chi connectivity index (χ3n) is 5.75. The van der Waals surface area contributed by atoms with E-state index < -0.39 is 0 Å². The number of unbranched alkanes of at least 4 members (excludes halogenated alkanes) is 2. The summed E-state index contributed by atoms with van der Waals surface area (Å²) < 4.78 is 0. The molecule has 0 spiro atoms. The zero-order chi connectivity index (χ0) is 20.2. The molecule has 0 unspecified atom stereocenters. The predicted octanol–water partition coefficient (Wildman–Crippen LogP) is 6.81. The highest BCUT2D eigenvalue weighted by Gasteiger charge is 2.24. The maximum atomic E-state index is 3.97. The summed E-state index contributed by atoms with van der Waals surface area (Å²) in [5.74, 6) is 0. The predicted molar refractivity (Wildman–Crippen MR) is 123 cm³/mol. The lowest BCUT2D eigenvalue weighted by Gasteiger charge is -2.34. The molecule has 2 aromatic rings. The Bertz CT molecular complexity index is 568. The Morgan fingerprint density at radius 3 is 1.29 bits per heavy atom. The second-order valence-electron chi connectivity index (χ2n) is 8.10. The molecule has 0 saturated carbocycles. The smallest absolute Gasteiger partial charge is 0.0295 e. The standard InChI is InChI=1S/C26H40N2/c1-5-7-19-25(27-21(3)23-15-11-9-12-16-23)26(20-8-6-2)28-22(4)24-17-13-10-14-18-24/h9-18,21-22,25-28H,5-8,19-20H2,1-4H3/t21-,22-,25-,26-/m0/s1. The van der Waals surface area contributed by atoms with Gasteiger partial charge < -0.3 is 10.6 Å². The molecule has 0 heterocycles. The van der Waals surface area contributed by atoms with Crippen LogP contribution in [-0.2, 0) is 0 Å². The van der Waals surface area contributed by atoms with Crippen molar-refractivity contribution in [3.63, 3.8) is 0 Å². The van der Waals surface area contributed by atoms with Gasteiger partial charge in [0.05, 0.1) is 0 Å². The largest absolute Gasteiger partial charge is 0.306 e. The van der Waals surface area contributed by atoms with E-state index in [2.05, 4.69) is 99.0 Å². The van der Waals surface area contributed by atoms with Gasteiger partial charge in [0.15, 0.2) is 0 Å². The summed E-state index contributed by atoms with van der Waals surface area (Å²) in [6.07, 6.45) is 7.46. The monoisotopic (exact) mass is 380 g/mol. The fourth-order valence-corrected chi connectivity index (χ4v) is 3.97. The average Bonchev–Trinajstić information content (AvgIpc) is 2.75. The van der Waals surface area contributed by atoms with Crippen molar-refractivity contribution >= 4 is 0 Å². The van der Waals surface area contributed by atoms with Gasteiger partial charge in [0.25, 0.3) is 0 Å². The lowest BCUT2D eigenvalue weighted by atomic mass is 9.94. The Labute approximate surface area is 173 Å². The zero-order valence-corrected chi connectivity index (χ0v) is 18.3. The number of hydrogen-bond donors (Lipinski definition) is 2. The van der Waals surface area contributed by atoms with Crippen molar-refractivity contribution in [3.8, 4) is 0 Å². The van der Waals surface area contributed by atoms with Crippen LogP contribution in [0.1, 0.15) is 89.4 Å². The first-order valence-electron chi connectivity index (χ1n) is 11.3. The summed E-state index contributed by atoms with van der Waals surface area (Å²) >= 11 is 0. The van der Waals surface area contributed by atoms with Crippen LogP contribution in [0.2, 0.25) is 0 Å². The van der Waals surface area contributed by atoms with Crippen molar-refractivity contribution in [2.75, 3.05) is 0 Å². The molecule has 0 aromatic heterocycles. The van der Waals surface area contributed by atoms with E-state index in [-0.39, 0.29) is 0 Å². The Balaban J connectivity index is 2.13. The minimum Gasteiger partial charge on any atom is -0.306 e. The van der Waals surface area contributed by atoms with Gasteiger partial charge in [0.1, 0.15) is 0 Å². The molecule has 0 aliphatic rings. The number of nitrogens with one attached hydrogen (secondary N) is 2. The fraction of sp³-hybridized carbons (Fsp3) is 0.538. The molecule has 0 saturated heterocycles. The molecule has 154 valence electrons. The second-order valence-corrected chi connectivity index (χ2v) is 8.10. The number of benzene rings is 2. The molecule has 2 aromatic carbocycles. The van der Waals surface area contributed by atoms with E-state index in [1.165, 1.54) is 49.7 Å². The number of hydrogen-bond acceptors (Lipinski definition) is 2. The maximum absolute atomic E-state index is 3.97. The number of rotatable bonds is 13. The van der Waals surface area contributed by atoms with Crippen LogP contribution in [0.5, 0.6) is 0 Å². The molecule has 0 fully saturated rings. The first-order valence-corrected chi connectivity index (χ1v) is 11.3. The summed E-state index contributed by atoms with van der Waals surface area (Å²) in [6.45, 7) is 9.18. The third-order valence-corrected chi connectivity index (χ3v) is 5.75. The van der Waals surface area contributed by atoms with Gasteiger partial charge in [-0.2, -0.15) is 0 Å². The van der Waals surface area contributed by atoms with Crippen molar-refractivity contribution in [2.45, 2.75) is 90.4 Å². The first-order chi connectivity index (χ1) is 13.7. The molecule has 0 aliphatic carbocycles. The SMILES string of the molecule is CCCC[C@H](N[C@@H](C)c1ccccc1)[C@H](CCCC)N[C@@H](C)c1ccccc1. The molecule has 2 nitrogen and oxygen atoms in total. The van der Waals surface area contributed by atoms with E-state index in [1.807, 2.05) is 0 Å². The van der Waals surface area contributed by atoms with E-state index in [4.69, 9.17) is 0 Å². The van der Waals surface area contributed by atoms with E-state index in [1.54, 1.807) is 0 Å². The van der Waals surface area contributed by atoms with Gasteiger partial charge in [-0.25, -0.2) is 0 Å². The minimum absolute atomic E-state index is 0.362. The van der Waals surface area contributed by atoms with Crippen molar-refractivity contribution in [2.24, 2.45) is 0 Å². The Morgan fingerprint density at radius 2 is 0.964 bits per heavy atom. The van der Waals surface area contributed by atoms with Crippen LogP contribution >= 0.6 is 0 Å². The van der Waals surface area contributed by atoms with Gasteiger partial charge in [0.2, 0.25) is 0 Å². The van der Waals surface area contributed by atoms with Crippen LogP contribution in [0.4, 0.5) is 0 Å². The van der Waals surface area contributed by atoms with Crippen molar-refractivity contribution in [1.82, 2.24) is 10.6 Å².